The minimum absolute atomic E-state index is 0.493. The Bertz CT molecular complexity index is 107. The third kappa shape index (κ3) is 3.22. The topological polar surface area (TPSA) is 0 Å². The summed E-state index contributed by atoms with van der Waals surface area (Å²) < 4.78 is 12.9. The van der Waals surface area contributed by atoms with Gasteiger partial charge in [-0.15, -0.1) is 0 Å². The molecule has 0 aliphatic heterocycles. The van der Waals surface area contributed by atoms with Gasteiger partial charge in [-0.3, -0.25) is 0 Å². The van der Waals surface area contributed by atoms with Crippen molar-refractivity contribution < 1.29 is 4.39 Å². The first-order chi connectivity index (χ1) is 5.18. The molecule has 0 N–H and O–H groups in total. The normalized spacial score (nSPS) is 32.7. The van der Waals surface area contributed by atoms with E-state index in [4.69, 9.17) is 0 Å². The Morgan fingerprint density at radius 1 is 1.36 bits per heavy atom. The fraction of sp³-hybridized carbons (Fsp3) is 1.00. The Hall–Kier alpha value is -0.0700. The quantitative estimate of drug-likeness (QED) is 0.576. The molecule has 0 nitrogen and oxygen atoms in total. The van der Waals surface area contributed by atoms with E-state index in [1.165, 1.54) is 12.8 Å². The molecular weight excluding hydrogens is 139 g/mol. The highest BCUT2D eigenvalue weighted by molar-refractivity contribution is 4.73. The van der Waals surface area contributed by atoms with E-state index in [2.05, 4.69) is 13.8 Å². The molecule has 1 rings (SSSR count). The molecule has 1 fully saturated rings. The number of hydrogen-bond acceptors (Lipinski definition) is 0. The van der Waals surface area contributed by atoms with E-state index in [1.54, 1.807) is 0 Å². The second kappa shape index (κ2) is 4.08. The summed E-state index contributed by atoms with van der Waals surface area (Å²) in [5.41, 5.74) is 0. The maximum atomic E-state index is 12.9. The lowest BCUT2D eigenvalue weighted by Crippen LogP contribution is -2.17. The Balaban J connectivity index is 2.23. The summed E-state index contributed by atoms with van der Waals surface area (Å²) in [7, 11) is 0. The van der Waals surface area contributed by atoms with Crippen LogP contribution in [0.25, 0.3) is 0 Å². The lowest BCUT2D eigenvalue weighted by atomic mass is 9.83. The van der Waals surface area contributed by atoms with Crippen LogP contribution >= 0.6 is 0 Å². The SMILES string of the molecule is CC(C)CC1CCCC(F)C1. The predicted octanol–water partition coefficient (Wildman–Crippen LogP) is 3.56. The molecule has 0 aromatic rings. The fourth-order valence-electron chi connectivity index (χ4n) is 2.11. The minimum Gasteiger partial charge on any atom is -0.247 e. The molecule has 0 saturated heterocycles. The van der Waals surface area contributed by atoms with Gasteiger partial charge in [0, 0.05) is 0 Å². The molecule has 1 aliphatic carbocycles. The molecule has 0 spiro atoms. The van der Waals surface area contributed by atoms with E-state index < -0.39 is 6.17 Å². The molecule has 2 atom stereocenters. The Labute approximate surface area is 69.2 Å². The molecule has 0 amide bonds. The highest BCUT2D eigenvalue weighted by Crippen LogP contribution is 2.30. The molecule has 0 aromatic heterocycles. The third-order valence-electron chi connectivity index (χ3n) is 2.52. The zero-order valence-corrected chi connectivity index (χ0v) is 7.65. The Morgan fingerprint density at radius 2 is 2.09 bits per heavy atom. The molecule has 0 heterocycles. The van der Waals surface area contributed by atoms with Gasteiger partial charge in [0.1, 0.15) is 6.17 Å². The molecule has 1 aliphatic rings. The van der Waals surface area contributed by atoms with Crippen LogP contribution in [-0.2, 0) is 0 Å². The van der Waals surface area contributed by atoms with Crippen molar-refractivity contribution in [2.24, 2.45) is 11.8 Å². The zero-order valence-electron chi connectivity index (χ0n) is 7.65. The van der Waals surface area contributed by atoms with Crippen molar-refractivity contribution in [3.8, 4) is 0 Å². The molecule has 11 heavy (non-hydrogen) atoms. The molecule has 0 radical (unpaired) electrons. The highest BCUT2D eigenvalue weighted by Gasteiger charge is 2.21. The van der Waals surface area contributed by atoms with Crippen LogP contribution in [0.2, 0.25) is 0 Å². The maximum absolute atomic E-state index is 12.9. The zero-order chi connectivity index (χ0) is 8.27. The van der Waals surface area contributed by atoms with Gasteiger partial charge in [-0.25, -0.2) is 4.39 Å². The van der Waals surface area contributed by atoms with E-state index in [1.807, 2.05) is 0 Å². The maximum Gasteiger partial charge on any atom is 0.100 e. The van der Waals surface area contributed by atoms with Crippen LogP contribution in [0.3, 0.4) is 0 Å². The van der Waals surface area contributed by atoms with Crippen molar-refractivity contribution in [2.75, 3.05) is 0 Å². The summed E-state index contributed by atoms with van der Waals surface area (Å²) in [6.45, 7) is 4.45. The number of rotatable bonds is 2. The number of hydrogen-bond donors (Lipinski definition) is 0. The summed E-state index contributed by atoms with van der Waals surface area (Å²) in [5.74, 6) is 1.42. The van der Waals surface area contributed by atoms with Gasteiger partial charge in [-0.05, 0) is 31.1 Å². The first-order valence-electron chi connectivity index (χ1n) is 4.82. The third-order valence-corrected chi connectivity index (χ3v) is 2.52. The van der Waals surface area contributed by atoms with E-state index >= 15 is 0 Å². The van der Waals surface area contributed by atoms with Crippen molar-refractivity contribution in [2.45, 2.75) is 52.1 Å². The lowest BCUT2D eigenvalue weighted by Gasteiger charge is -2.25. The van der Waals surface area contributed by atoms with Crippen molar-refractivity contribution in [1.82, 2.24) is 0 Å². The average Bonchev–Trinajstić information content (AvgIpc) is 1.85. The fourth-order valence-corrected chi connectivity index (χ4v) is 2.11. The molecule has 1 heteroatoms. The van der Waals surface area contributed by atoms with E-state index in [9.17, 15) is 4.39 Å². The number of alkyl halides is 1. The standard InChI is InChI=1S/C10H19F/c1-8(2)6-9-4-3-5-10(11)7-9/h8-10H,3-7H2,1-2H3. The minimum atomic E-state index is -0.493. The van der Waals surface area contributed by atoms with Gasteiger partial charge in [0.05, 0.1) is 0 Å². The smallest absolute Gasteiger partial charge is 0.100 e. The Morgan fingerprint density at radius 3 is 2.64 bits per heavy atom. The average molecular weight is 158 g/mol. The molecule has 0 bridgehead atoms. The Kier molecular flexibility index (Phi) is 3.35. The largest absolute Gasteiger partial charge is 0.247 e. The number of halogens is 1. The van der Waals surface area contributed by atoms with Crippen molar-refractivity contribution in [1.29, 1.82) is 0 Å². The van der Waals surface area contributed by atoms with Crippen LogP contribution in [0.1, 0.15) is 46.0 Å². The van der Waals surface area contributed by atoms with E-state index in [0.29, 0.717) is 5.92 Å². The highest BCUT2D eigenvalue weighted by atomic mass is 19.1. The van der Waals surface area contributed by atoms with E-state index in [0.717, 1.165) is 25.2 Å². The lowest BCUT2D eigenvalue weighted by molar-refractivity contribution is 0.182. The molecule has 1 saturated carbocycles. The van der Waals surface area contributed by atoms with Crippen LogP contribution in [0.15, 0.2) is 0 Å². The molecule has 2 unspecified atom stereocenters. The van der Waals surface area contributed by atoms with Gasteiger partial charge >= 0.3 is 0 Å². The monoisotopic (exact) mass is 158 g/mol. The van der Waals surface area contributed by atoms with Crippen molar-refractivity contribution in [3.63, 3.8) is 0 Å². The van der Waals surface area contributed by atoms with Crippen LogP contribution in [-0.4, -0.2) is 6.17 Å². The first kappa shape index (κ1) is 9.02. The summed E-state index contributed by atoms with van der Waals surface area (Å²) in [4.78, 5) is 0. The van der Waals surface area contributed by atoms with Gasteiger partial charge in [-0.2, -0.15) is 0 Å². The van der Waals surface area contributed by atoms with Crippen LogP contribution < -0.4 is 0 Å². The van der Waals surface area contributed by atoms with Crippen LogP contribution in [0, 0.1) is 11.8 Å². The summed E-state index contributed by atoms with van der Waals surface area (Å²) in [5, 5.41) is 0. The molecule has 0 aromatic carbocycles. The van der Waals surface area contributed by atoms with Crippen LogP contribution in [0.4, 0.5) is 4.39 Å². The molecule has 66 valence electrons. The van der Waals surface area contributed by atoms with Crippen molar-refractivity contribution >= 4 is 0 Å². The van der Waals surface area contributed by atoms with Crippen LogP contribution in [0.5, 0.6) is 0 Å². The predicted molar refractivity (Wildman–Crippen MR) is 46.3 cm³/mol. The summed E-state index contributed by atoms with van der Waals surface area (Å²) in [6, 6.07) is 0. The molecular formula is C10H19F. The summed E-state index contributed by atoms with van der Waals surface area (Å²) >= 11 is 0. The second-order valence-corrected chi connectivity index (χ2v) is 4.26. The van der Waals surface area contributed by atoms with Gasteiger partial charge in [0.15, 0.2) is 0 Å². The summed E-state index contributed by atoms with van der Waals surface area (Å²) in [6.07, 6.45) is 4.75. The van der Waals surface area contributed by atoms with Gasteiger partial charge < -0.3 is 0 Å². The second-order valence-electron chi connectivity index (χ2n) is 4.26. The van der Waals surface area contributed by atoms with E-state index in [-0.39, 0.29) is 0 Å². The van der Waals surface area contributed by atoms with Crippen molar-refractivity contribution in [3.05, 3.63) is 0 Å². The van der Waals surface area contributed by atoms with Gasteiger partial charge in [0.25, 0.3) is 0 Å². The van der Waals surface area contributed by atoms with Gasteiger partial charge in [-0.1, -0.05) is 26.7 Å². The first-order valence-corrected chi connectivity index (χ1v) is 4.82. The van der Waals surface area contributed by atoms with Gasteiger partial charge in [0.2, 0.25) is 0 Å².